The molecule has 0 bridgehead atoms. The normalized spacial score (nSPS) is 23.8. The smallest absolute Gasteiger partial charge is 0.244 e. The second-order valence-electron chi connectivity index (χ2n) is 4.78. The molecule has 0 saturated heterocycles. The van der Waals surface area contributed by atoms with E-state index in [4.69, 9.17) is 0 Å². The monoisotopic (exact) mass is 369 g/mol. The Morgan fingerprint density at radius 1 is 1.25 bits per heavy atom. The number of benzene rings is 1. The van der Waals surface area contributed by atoms with Gasteiger partial charge < -0.3 is 5.11 Å². The molecule has 1 aliphatic rings. The van der Waals surface area contributed by atoms with Crippen LogP contribution in [0.4, 0.5) is 8.78 Å². The Morgan fingerprint density at radius 3 is 2.50 bits per heavy atom. The van der Waals surface area contributed by atoms with Crippen LogP contribution in [0.1, 0.15) is 25.7 Å². The summed E-state index contributed by atoms with van der Waals surface area (Å²) in [6.07, 6.45) is 1.81. The lowest BCUT2D eigenvalue weighted by Crippen LogP contribution is -2.45. The summed E-state index contributed by atoms with van der Waals surface area (Å²) in [6.45, 7) is 0. The number of rotatable bonds is 3. The maximum absolute atomic E-state index is 13.7. The highest BCUT2D eigenvalue weighted by Crippen LogP contribution is 2.28. The van der Waals surface area contributed by atoms with Gasteiger partial charge in [-0.05, 0) is 34.8 Å². The highest BCUT2D eigenvalue weighted by molar-refractivity contribution is 9.10. The predicted molar refractivity (Wildman–Crippen MR) is 72.6 cm³/mol. The second kappa shape index (κ2) is 6.05. The number of hydrogen-bond acceptors (Lipinski definition) is 3. The van der Waals surface area contributed by atoms with Crippen molar-refractivity contribution < 1.29 is 22.3 Å². The molecule has 0 radical (unpaired) electrons. The first-order chi connectivity index (χ1) is 9.31. The standard InChI is InChI=1S/C12H14BrF2NO3S/c13-8-5-7(14)6-9(15)12(8)20(18,19)16-10-3-1-2-4-11(10)17/h5-6,10-11,16-17H,1-4H2. The SMILES string of the molecule is O=S(=O)(NC1CCCCC1O)c1c(F)cc(F)cc1Br. The maximum atomic E-state index is 13.7. The molecule has 0 aliphatic heterocycles. The van der Waals surface area contributed by atoms with Gasteiger partial charge in [-0.15, -0.1) is 0 Å². The first-order valence-electron chi connectivity index (χ1n) is 6.16. The van der Waals surface area contributed by atoms with E-state index in [0.29, 0.717) is 18.9 Å². The third-order valence-electron chi connectivity index (χ3n) is 3.27. The number of hydrogen-bond donors (Lipinski definition) is 2. The number of aliphatic hydroxyl groups excluding tert-OH is 1. The zero-order valence-electron chi connectivity index (χ0n) is 10.4. The van der Waals surface area contributed by atoms with E-state index in [9.17, 15) is 22.3 Å². The quantitative estimate of drug-likeness (QED) is 0.858. The summed E-state index contributed by atoms with van der Waals surface area (Å²) < 4.78 is 53.2. The lowest BCUT2D eigenvalue weighted by Gasteiger charge is -2.28. The lowest BCUT2D eigenvalue weighted by atomic mass is 9.93. The molecular formula is C12H14BrF2NO3S. The van der Waals surface area contributed by atoms with E-state index < -0.39 is 38.7 Å². The Bertz CT molecular complexity index is 586. The average molecular weight is 370 g/mol. The first kappa shape index (κ1) is 15.8. The van der Waals surface area contributed by atoms with Gasteiger partial charge in [-0.25, -0.2) is 21.9 Å². The van der Waals surface area contributed by atoms with E-state index in [2.05, 4.69) is 20.7 Å². The minimum atomic E-state index is -4.17. The molecule has 0 spiro atoms. The summed E-state index contributed by atoms with van der Waals surface area (Å²) in [5, 5.41) is 9.77. The summed E-state index contributed by atoms with van der Waals surface area (Å²) in [5.41, 5.74) is 0. The topological polar surface area (TPSA) is 66.4 Å². The van der Waals surface area contributed by atoms with Crippen molar-refractivity contribution in [1.29, 1.82) is 0 Å². The fourth-order valence-corrected chi connectivity index (χ4v) is 4.76. The van der Waals surface area contributed by atoms with Crippen molar-refractivity contribution in [2.75, 3.05) is 0 Å². The van der Waals surface area contributed by atoms with Gasteiger partial charge in [0.25, 0.3) is 0 Å². The zero-order chi connectivity index (χ0) is 14.9. The molecule has 1 saturated carbocycles. The van der Waals surface area contributed by atoms with Gasteiger partial charge in [-0.3, -0.25) is 0 Å². The summed E-state index contributed by atoms with van der Waals surface area (Å²) in [7, 11) is -4.17. The molecule has 112 valence electrons. The van der Waals surface area contributed by atoms with Crippen LogP contribution in [0.25, 0.3) is 0 Å². The van der Waals surface area contributed by atoms with E-state index >= 15 is 0 Å². The average Bonchev–Trinajstić information content (AvgIpc) is 2.30. The van der Waals surface area contributed by atoms with Gasteiger partial charge >= 0.3 is 0 Å². The van der Waals surface area contributed by atoms with E-state index in [0.717, 1.165) is 18.9 Å². The molecule has 2 rings (SSSR count). The van der Waals surface area contributed by atoms with Crippen LogP contribution in [-0.2, 0) is 10.0 Å². The van der Waals surface area contributed by atoms with Crippen LogP contribution in [-0.4, -0.2) is 25.7 Å². The van der Waals surface area contributed by atoms with Crippen molar-refractivity contribution in [3.8, 4) is 0 Å². The third-order valence-corrected chi connectivity index (χ3v) is 5.72. The van der Waals surface area contributed by atoms with Crippen LogP contribution >= 0.6 is 15.9 Å². The largest absolute Gasteiger partial charge is 0.391 e. The Kier molecular flexibility index (Phi) is 4.78. The zero-order valence-corrected chi connectivity index (χ0v) is 12.8. The predicted octanol–water partition coefficient (Wildman–Crippen LogP) is 2.31. The van der Waals surface area contributed by atoms with Crippen LogP contribution in [0, 0.1) is 11.6 Å². The molecule has 0 heterocycles. The van der Waals surface area contributed by atoms with Crippen molar-refractivity contribution in [3.63, 3.8) is 0 Å². The molecule has 2 atom stereocenters. The van der Waals surface area contributed by atoms with E-state index in [-0.39, 0.29) is 4.47 Å². The number of halogens is 3. The molecule has 8 heteroatoms. The van der Waals surface area contributed by atoms with Gasteiger partial charge in [-0.1, -0.05) is 12.8 Å². The molecule has 0 aromatic heterocycles. The molecule has 2 N–H and O–H groups in total. The van der Waals surface area contributed by atoms with Gasteiger partial charge in [-0.2, -0.15) is 0 Å². The van der Waals surface area contributed by atoms with Crippen molar-refractivity contribution in [2.24, 2.45) is 0 Å². The Hall–Kier alpha value is -0.570. The molecule has 1 aliphatic carbocycles. The van der Waals surface area contributed by atoms with Crippen LogP contribution in [0.15, 0.2) is 21.5 Å². The Labute approximate surface area is 124 Å². The summed E-state index contributed by atoms with van der Waals surface area (Å²) in [6, 6.07) is 0.746. The van der Waals surface area contributed by atoms with Gasteiger partial charge in [0.15, 0.2) is 0 Å². The molecule has 1 aromatic carbocycles. The minimum Gasteiger partial charge on any atom is -0.391 e. The van der Waals surface area contributed by atoms with Crippen molar-refractivity contribution in [1.82, 2.24) is 4.72 Å². The number of aliphatic hydroxyl groups is 1. The number of sulfonamides is 1. The number of nitrogens with one attached hydrogen (secondary N) is 1. The van der Waals surface area contributed by atoms with Gasteiger partial charge in [0.2, 0.25) is 10.0 Å². The fourth-order valence-electron chi connectivity index (χ4n) is 2.29. The third kappa shape index (κ3) is 3.36. The highest BCUT2D eigenvalue weighted by Gasteiger charge is 2.31. The van der Waals surface area contributed by atoms with E-state index in [1.807, 2.05) is 0 Å². The lowest BCUT2D eigenvalue weighted by molar-refractivity contribution is 0.101. The summed E-state index contributed by atoms with van der Waals surface area (Å²) in [4.78, 5) is -0.642. The van der Waals surface area contributed by atoms with Crippen molar-refractivity contribution in [2.45, 2.75) is 42.7 Å². The molecule has 1 aromatic rings. The van der Waals surface area contributed by atoms with Crippen molar-refractivity contribution in [3.05, 3.63) is 28.2 Å². The van der Waals surface area contributed by atoms with Crippen molar-refractivity contribution >= 4 is 26.0 Å². The van der Waals surface area contributed by atoms with Crippen LogP contribution in [0.3, 0.4) is 0 Å². The molecular weight excluding hydrogens is 356 g/mol. The van der Waals surface area contributed by atoms with Gasteiger partial charge in [0.05, 0.1) is 6.10 Å². The minimum absolute atomic E-state index is 0.187. The maximum Gasteiger partial charge on any atom is 0.244 e. The molecule has 2 unspecified atom stereocenters. The first-order valence-corrected chi connectivity index (χ1v) is 8.44. The van der Waals surface area contributed by atoms with Crippen LogP contribution in [0.2, 0.25) is 0 Å². The summed E-state index contributed by atoms with van der Waals surface area (Å²) in [5.74, 6) is -2.04. The van der Waals surface area contributed by atoms with Crippen LogP contribution in [0.5, 0.6) is 0 Å². The summed E-state index contributed by atoms with van der Waals surface area (Å²) >= 11 is 2.85. The molecule has 1 fully saturated rings. The van der Waals surface area contributed by atoms with Gasteiger partial charge in [0.1, 0.15) is 16.5 Å². The fraction of sp³-hybridized carbons (Fsp3) is 0.500. The molecule has 20 heavy (non-hydrogen) atoms. The highest BCUT2D eigenvalue weighted by atomic mass is 79.9. The van der Waals surface area contributed by atoms with E-state index in [1.165, 1.54) is 0 Å². The van der Waals surface area contributed by atoms with Crippen LogP contribution < -0.4 is 4.72 Å². The van der Waals surface area contributed by atoms with E-state index in [1.54, 1.807) is 0 Å². The Balaban J connectivity index is 2.31. The molecule has 0 amide bonds. The van der Waals surface area contributed by atoms with Gasteiger partial charge in [0, 0.05) is 16.6 Å². The Morgan fingerprint density at radius 2 is 1.90 bits per heavy atom. The second-order valence-corrected chi connectivity index (χ2v) is 7.28. The molecule has 4 nitrogen and oxygen atoms in total.